The number of allylic oxidation sites excluding steroid dienone is 2. The molecule has 1 aromatic rings. The molecule has 0 spiro atoms. The van der Waals surface area contributed by atoms with Crippen molar-refractivity contribution in [1.82, 2.24) is 5.09 Å². The summed E-state index contributed by atoms with van der Waals surface area (Å²) in [6.07, 6.45) is 3.73. The molecule has 1 unspecified atom stereocenters. The van der Waals surface area contributed by atoms with E-state index >= 15 is 0 Å². The Hall–Kier alpha value is -2.02. The van der Waals surface area contributed by atoms with Gasteiger partial charge in [-0.3, -0.25) is 4.79 Å². The van der Waals surface area contributed by atoms with Crippen LogP contribution in [0.2, 0.25) is 25.7 Å². The Balaban J connectivity index is 2.29. The van der Waals surface area contributed by atoms with Gasteiger partial charge in [-0.05, 0) is 67.8 Å². The van der Waals surface area contributed by atoms with Gasteiger partial charge in [-0.15, -0.1) is 0 Å². The zero-order valence-corrected chi connectivity index (χ0v) is 24.4. The van der Waals surface area contributed by atoms with Crippen LogP contribution in [0.25, 0.3) is 0 Å². The second kappa shape index (κ2) is 12.8. The minimum absolute atomic E-state index is 0.288. The van der Waals surface area contributed by atoms with E-state index in [1.807, 2.05) is 19.9 Å². The SMILES string of the molecule is CCOC(=O)[C@H](C)N[P+](=O)C/C(C)=C/Cc1c(CC)c(C)c2c(c1OCC[Si](C)(C)C)C(=O)OC2. The van der Waals surface area contributed by atoms with Crippen LogP contribution in [0.15, 0.2) is 11.6 Å². The van der Waals surface area contributed by atoms with Crippen molar-refractivity contribution < 1.29 is 28.4 Å². The Morgan fingerprint density at radius 1 is 1.26 bits per heavy atom. The molecule has 0 saturated carbocycles. The van der Waals surface area contributed by atoms with Crippen molar-refractivity contribution in [2.24, 2.45) is 0 Å². The fourth-order valence-electron chi connectivity index (χ4n) is 4.09. The second-order valence-electron chi connectivity index (χ2n) is 10.2. The first-order valence-corrected chi connectivity index (χ1v) is 17.5. The summed E-state index contributed by atoms with van der Waals surface area (Å²) in [5.74, 6) is -0.0904. The molecule has 0 aliphatic carbocycles. The van der Waals surface area contributed by atoms with E-state index in [-0.39, 0.29) is 19.2 Å². The van der Waals surface area contributed by atoms with E-state index in [1.54, 1.807) is 13.8 Å². The van der Waals surface area contributed by atoms with Crippen LogP contribution in [-0.4, -0.2) is 45.4 Å². The molecule has 1 aromatic carbocycles. The standard InChI is InChI=1S/C26H41NO6PSi/c1-9-20-18(4)22-15-33-26(29)23(22)24(32-13-14-35(6,7)8)21(20)12-11-17(3)16-34(30)27-19(5)25(28)31-10-2/h11,19H,9-10,12-16H2,1-8H3,(H,27,30)/q+1/b17-11+/t19-/m0/s1. The molecule has 7 nitrogen and oxygen atoms in total. The number of rotatable bonds is 13. The number of hydrogen-bond donors (Lipinski definition) is 1. The summed E-state index contributed by atoms with van der Waals surface area (Å²) < 4.78 is 29.2. The second-order valence-corrected chi connectivity index (χ2v) is 17.2. The molecule has 1 heterocycles. The van der Waals surface area contributed by atoms with Crippen molar-refractivity contribution >= 4 is 28.0 Å². The smallest absolute Gasteiger partial charge is 0.437 e. The van der Waals surface area contributed by atoms with E-state index in [4.69, 9.17) is 14.2 Å². The van der Waals surface area contributed by atoms with Gasteiger partial charge in [0.05, 0.1) is 13.2 Å². The first-order chi connectivity index (χ1) is 16.4. The van der Waals surface area contributed by atoms with Gasteiger partial charge in [0, 0.05) is 19.2 Å². The maximum absolute atomic E-state index is 12.6. The lowest BCUT2D eigenvalue weighted by molar-refractivity contribution is -0.144. The third kappa shape index (κ3) is 7.99. The largest absolute Gasteiger partial charge is 0.493 e. The predicted octanol–water partition coefficient (Wildman–Crippen LogP) is 5.72. The highest BCUT2D eigenvalue weighted by atomic mass is 31.1. The molecular weight excluding hydrogens is 481 g/mol. The van der Waals surface area contributed by atoms with Crippen molar-refractivity contribution in [3.05, 3.63) is 39.5 Å². The van der Waals surface area contributed by atoms with Crippen LogP contribution in [0.4, 0.5) is 0 Å². The fraction of sp³-hybridized carbons (Fsp3) is 0.615. The van der Waals surface area contributed by atoms with Crippen LogP contribution in [0, 0.1) is 6.92 Å². The van der Waals surface area contributed by atoms with Crippen molar-refractivity contribution in [3.63, 3.8) is 0 Å². The van der Waals surface area contributed by atoms with Crippen LogP contribution in [0.3, 0.4) is 0 Å². The Kier molecular flexibility index (Phi) is 10.7. The zero-order valence-electron chi connectivity index (χ0n) is 22.5. The molecule has 0 saturated heterocycles. The van der Waals surface area contributed by atoms with E-state index in [0.717, 1.165) is 34.7 Å². The van der Waals surface area contributed by atoms with Crippen LogP contribution >= 0.6 is 7.95 Å². The van der Waals surface area contributed by atoms with Crippen molar-refractivity contribution in [2.45, 2.75) is 85.8 Å². The number of carbonyl (C=O) groups excluding carboxylic acids is 2. The highest BCUT2D eigenvalue weighted by Gasteiger charge is 2.32. The Labute approximate surface area is 211 Å². The molecule has 35 heavy (non-hydrogen) atoms. The summed E-state index contributed by atoms with van der Waals surface area (Å²) in [5.41, 5.74) is 5.69. The summed E-state index contributed by atoms with van der Waals surface area (Å²) in [4.78, 5) is 24.5. The average molecular weight is 523 g/mol. The zero-order chi connectivity index (χ0) is 26.3. The molecule has 1 aliphatic heterocycles. The third-order valence-corrected chi connectivity index (χ3v) is 9.27. The fourth-order valence-corrected chi connectivity index (χ4v) is 6.01. The molecule has 9 heteroatoms. The maximum atomic E-state index is 12.6. The van der Waals surface area contributed by atoms with Gasteiger partial charge in [0.1, 0.15) is 24.0 Å². The quantitative estimate of drug-likeness (QED) is 0.153. The monoisotopic (exact) mass is 522 g/mol. The highest BCUT2D eigenvalue weighted by Crippen LogP contribution is 2.39. The Morgan fingerprint density at radius 2 is 1.94 bits per heavy atom. The number of cyclic esters (lactones) is 1. The summed E-state index contributed by atoms with van der Waals surface area (Å²) in [7, 11) is -3.12. The van der Waals surface area contributed by atoms with Crippen LogP contribution in [0.1, 0.15) is 60.3 Å². The topological polar surface area (TPSA) is 90.9 Å². The van der Waals surface area contributed by atoms with E-state index in [2.05, 4.69) is 31.7 Å². The van der Waals surface area contributed by atoms with E-state index < -0.39 is 28.0 Å². The number of esters is 2. The molecule has 0 bridgehead atoms. The average Bonchev–Trinajstić information content (AvgIpc) is 3.15. The van der Waals surface area contributed by atoms with Crippen molar-refractivity contribution in [2.75, 3.05) is 19.4 Å². The number of benzene rings is 1. The molecule has 0 amide bonds. The number of carbonyl (C=O) groups is 2. The molecule has 2 atom stereocenters. The first-order valence-electron chi connectivity index (χ1n) is 12.4. The van der Waals surface area contributed by atoms with Crippen LogP contribution < -0.4 is 9.82 Å². The van der Waals surface area contributed by atoms with E-state index in [1.165, 1.54) is 5.56 Å². The first kappa shape index (κ1) is 29.2. The molecule has 0 fully saturated rings. The van der Waals surface area contributed by atoms with Crippen molar-refractivity contribution in [1.29, 1.82) is 0 Å². The summed E-state index contributed by atoms with van der Waals surface area (Å²) in [6, 6.07) is 0.362. The minimum Gasteiger partial charge on any atom is -0.493 e. The van der Waals surface area contributed by atoms with Gasteiger partial charge in [0.25, 0.3) is 0 Å². The Morgan fingerprint density at radius 3 is 2.54 bits per heavy atom. The highest BCUT2D eigenvalue weighted by molar-refractivity contribution is 7.42. The number of hydrogen-bond acceptors (Lipinski definition) is 6. The predicted molar refractivity (Wildman–Crippen MR) is 142 cm³/mol. The van der Waals surface area contributed by atoms with Gasteiger partial charge in [-0.2, -0.15) is 0 Å². The maximum Gasteiger partial charge on any atom is 0.437 e. The van der Waals surface area contributed by atoms with Gasteiger partial charge in [0.2, 0.25) is 0 Å². The normalized spacial score (nSPS) is 14.9. The molecule has 1 N–H and O–H groups in total. The summed E-state index contributed by atoms with van der Waals surface area (Å²) >= 11 is 0. The van der Waals surface area contributed by atoms with Crippen LogP contribution in [0.5, 0.6) is 5.75 Å². The lowest BCUT2D eigenvalue weighted by atomic mass is 9.89. The molecule has 0 aromatic heterocycles. The number of fused-ring (bicyclic) bond motifs is 1. The van der Waals surface area contributed by atoms with E-state index in [0.29, 0.717) is 30.5 Å². The molecule has 1 aliphatic rings. The molecular formula is C26H41NO6PSi+. The number of ether oxygens (including phenoxy) is 3. The minimum atomic E-state index is -1.81. The van der Waals surface area contributed by atoms with Gasteiger partial charge >= 0.3 is 19.9 Å². The molecule has 194 valence electrons. The van der Waals surface area contributed by atoms with Crippen LogP contribution in [-0.2, 0) is 38.3 Å². The van der Waals surface area contributed by atoms with Gasteiger partial charge in [-0.1, -0.05) is 37.7 Å². The van der Waals surface area contributed by atoms with Crippen molar-refractivity contribution in [3.8, 4) is 5.75 Å². The summed E-state index contributed by atoms with van der Waals surface area (Å²) in [6.45, 7) is 17.5. The van der Waals surface area contributed by atoms with E-state index in [9.17, 15) is 14.2 Å². The third-order valence-electron chi connectivity index (χ3n) is 6.10. The number of nitrogens with one attached hydrogen (secondary N) is 1. The Bertz CT molecular complexity index is 999. The van der Waals surface area contributed by atoms with Gasteiger partial charge < -0.3 is 14.2 Å². The van der Waals surface area contributed by atoms with Gasteiger partial charge in [-0.25, -0.2) is 4.79 Å². The lowest BCUT2D eigenvalue weighted by Gasteiger charge is -2.22. The molecule has 2 rings (SSSR count). The van der Waals surface area contributed by atoms with Gasteiger partial charge in [0.15, 0.2) is 6.16 Å². The summed E-state index contributed by atoms with van der Waals surface area (Å²) in [5, 5.41) is 2.83. The molecule has 0 radical (unpaired) electrons. The lowest BCUT2D eigenvalue weighted by Crippen LogP contribution is -2.31.